The Morgan fingerprint density at radius 1 is 1.21 bits per heavy atom. The minimum absolute atomic E-state index is 0.0281. The van der Waals surface area contributed by atoms with Gasteiger partial charge in [-0.05, 0) is 31.2 Å². The first-order chi connectivity index (χ1) is 13.2. The zero-order valence-electron chi connectivity index (χ0n) is 14.7. The molecule has 0 unspecified atom stereocenters. The first kappa shape index (κ1) is 20.8. The largest absolute Gasteiger partial charge is 0.481 e. The average Bonchev–Trinajstić information content (AvgIpc) is 2.63. The molecule has 2 aromatic carbocycles. The van der Waals surface area contributed by atoms with E-state index in [9.17, 15) is 28.1 Å². The fraction of sp³-hybridized carbons (Fsp3) is 0.211. The van der Waals surface area contributed by atoms with Crippen LogP contribution >= 0.6 is 0 Å². The minimum atomic E-state index is -4.46. The van der Waals surface area contributed by atoms with Crippen LogP contribution in [-0.4, -0.2) is 24.0 Å². The maximum absolute atomic E-state index is 12.6. The summed E-state index contributed by atoms with van der Waals surface area (Å²) < 4.78 is 43.0. The van der Waals surface area contributed by atoms with Gasteiger partial charge in [0.1, 0.15) is 12.4 Å². The quantitative estimate of drug-likeness (QED) is 0.478. The molecular formula is C19H15F3N2O4. The van der Waals surface area contributed by atoms with Gasteiger partial charge in [-0.3, -0.25) is 14.9 Å². The highest BCUT2D eigenvalue weighted by atomic mass is 19.4. The maximum Gasteiger partial charge on any atom is 0.416 e. The Hall–Kier alpha value is -3.54. The van der Waals surface area contributed by atoms with Gasteiger partial charge in [0.2, 0.25) is 0 Å². The molecule has 6 nitrogen and oxygen atoms in total. The van der Waals surface area contributed by atoms with Crippen molar-refractivity contribution in [2.24, 2.45) is 0 Å². The third-order valence-corrected chi connectivity index (χ3v) is 3.68. The highest BCUT2D eigenvalue weighted by Crippen LogP contribution is 2.31. The molecular weight excluding hydrogens is 377 g/mol. The first-order valence-corrected chi connectivity index (χ1v) is 7.98. The molecule has 1 amide bonds. The molecule has 9 heteroatoms. The molecule has 0 bridgehead atoms. The number of amides is 1. The van der Waals surface area contributed by atoms with Crippen molar-refractivity contribution in [2.45, 2.75) is 13.1 Å². The van der Waals surface area contributed by atoms with E-state index in [1.54, 1.807) is 0 Å². The molecule has 0 aliphatic carbocycles. The number of carbonyl (C=O) groups excluding carboxylic acids is 1. The summed E-state index contributed by atoms with van der Waals surface area (Å²) in [6.07, 6.45) is -4.46. The van der Waals surface area contributed by atoms with Crippen molar-refractivity contribution in [3.05, 3.63) is 69.3 Å². The molecule has 1 N–H and O–H groups in total. The number of nitro benzene ring substituents is 1. The summed E-state index contributed by atoms with van der Waals surface area (Å²) in [5.41, 5.74) is -0.576. The molecule has 0 heterocycles. The molecule has 28 heavy (non-hydrogen) atoms. The second-order valence-corrected chi connectivity index (χ2v) is 5.56. The van der Waals surface area contributed by atoms with Gasteiger partial charge in [-0.2, -0.15) is 13.2 Å². The third-order valence-electron chi connectivity index (χ3n) is 3.68. The van der Waals surface area contributed by atoms with Gasteiger partial charge in [0.25, 0.3) is 11.6 Å². The van der Waals surface area contributed by atoms with Gasteiger partial charge in [-0.15, -0.1) is 0 Å². The predicted octanol–water partition coefficient (Wildman–Crippen LogP) is 3.73. The summed E-state index contributed by atoms with van der Waals surface area (Å²) in [4.78, 5) is 22.4. The Morgan fingerprint density at radius 2 is 1.93 bits per heavy atom. The van der Waals surface area contributed by atoms with Crippen molar-refractivity contribution >= 4 is 11.6 Å². The first-order valence-electron chi connectivity index (χ1n) is 7.98. The van der Waals surface area contributed by atoms with Crippen LogP contribution in [0.3, 0.4) is 0 Å². The summed E-state index contributed by atoms with van der Waals surface area (Å²) in [5, 5.41) is 13.4. The van der Waals surface area contributed by atoms with Crippen LogP contribution in [0.5, 0.6) is 5.75 Å². The number of rotatable bonds is 5. The molecule has 0 spiro atoms. The van der Waals surface area contributed by atoms with Crippen LogP contribution in [0.1, 0.15) is 21.5 Å². The lowest BCUT2D eigenvalue weighted by atomic mass is 10.1. The Labute approximate surface area is 158 Å². The van der Waals surface area contributed by atoms with E-state index in [2.05, 4.69) is 17.2 Å². The van der Waals surface area contributed by atoms with Crippen molar-refractivity contribution in [1.82, 2.24) is 5.32 Å². The fourth-order valence-corrected chi connectivity index (χ4v) is 2.28. The van der Waals surface area contributed by atoms with E-state index in [1.807, 2.05) is 0 Å². The fourth-order valence-electron chi connectivity index (χ4n) is 2.28. The molecule has 2 aromatic rings. The van der Waals surface area contributed by atoms with E-state index >= 15 is 0 Å². The Kier molecular flexibility index (Phi) is 6.60. The van der Waals surface area contributed by atoms with Crippen molar-refractivity contribution in [3.63, 3.8) is 0 Å². The highest BCUT2D eigenvalue weighted by Gasteiger charge is 2.30. The number of alkyl halides is 3. The van der Waals surface area contributed by atoms with Gasteiger partial charge < -0.3 is 10.1 Å². The second-order valence-electron chi connectivity index (χ2n) is 5.56. The lowest BCUT2D eigenvalue weighted by Crippen LogP contribution is -2.24. The minimum Gasteiger partial charge on any atom is -0.481 e. The maximum atomic E-state index is 12.6. The van der Waals surface area contributed by atoms with Gasteiger partial charge in [-0.1, -0.05) is 24.0 Å². The van der Waals surface area contributed by atoms with Gasteiger partial charge in [0.05, 0.1) is 17.0 Å². The molecule has 0 atom stereocenters. The van der Waals surface area contributed by atoms with E-state index in [4.69, 9.17) is 4.74 Å². The number of hydrogen-bond acceptors (Lipinski definition) is 4. The normalized spacial score (nSPS) is 10.6. The molecule has 0 aliphatic heterocycles. The number of carbonyl (C=O) groups is 1. The van der Waals surface area contributed by atoms with Crippen molar-refractivity contribution in [2.75, 3.05) is 13.2 Å². The zero-order valence-corrected chi connectivity index (χ0v) is 14.7. The van der Waals surface area contributed by atoms with Crippen LogP contribution < -0.4 is 10.1 Å². The lowest BCUT2D eigenvalue weighted by molar-refractivity contribution is -0.385. The van der Waals surface area contributed by atoms with E-state index in [-0.39, 0.29) is 35.7 Å². The molecule has 0 aliphatic rings. The number of nitrogens with zero attached hydrogens (tertiary/aromatic N) is 1. The summed E-state index contributed by atoms with van der Waals surface area (Å²) in [5.74, 6) is 4.67. The summed E-state index contributed by atoms with van der Waals surface area (Å²) >= 11 is 0. The van der Waals surface area contributed by atoms with Crippen LogP contribution in [0.25, 0.3) is 0 Å². The number of halogens is 3. The van der Waals surface area contributed by atoms with E-state index < -0.39 is 22.6 Å². The number of nitrogens with one attached hydrogen (secondary N) is 1. The van der Waals surface area contributed by atoms with Crippen LogP contribution in [0.15, 0.2) is 42.5 Å². The Bertz CT molecular complexity index is 946. The molecule has 0 saturated heterocycles. The van der Waals surface area contributed by atoms with Gasteiger partial charge >= 0.3 is 6.18 Å². The van der Waals surface area contributed by atoms with Gasteiger partial charge in [0.15, 0.2) is 0 Å². The molecule has 2 rings (SSSR count). The molecule has 0 fully saturated rings. The summed E-state index contributed by atoms with van der Waals surface area (Å²) in [6, 6.07) is 8.59. The monoisotopic (exact) mass is 392 g/mol. The highest BCUT2D eigenvalue weighted by molar-refractivity contribution is 5.96. The van der Waals surface area contributed by atoms with Crippen molar-refractivity contribution < 1.29 is 27.6 Å². The second kappa shape index (κ2) is 8.90. The summed E-state index contributed by atoms with van der Waals surface area (Å²) in [6.45, 7) is 1.27. The number of ether oxygens (including phenoxy) is 1. The Balaban J connectivity index is 1.87. The number of nitro groups is 1. The number of benzene rings is 2. The average molecular weight is 392 g/mol. The molecule has 146 valence electrons. The van der Waals surface area contributed by atoms with E-state index in [0.717, 1.165) is 12.1 Å². The van der Waals surface area contributed by atoms with Crippen LogP contribution in [-0.2, 0) is 6.18 Å². The smallest absolute Gasteiger partial charge is 0.416 e. The van der Waals surface area contributed by atoms with E-state index in [0.29, 0.717) is 0 Å². The molecule has 0 aromatic heterocycles. The Morgan fingerprint density at radius 3 is 2.61 bits per heavy atom. The zero-order chi connectivity index (χ0) is 20.7. The third kappa shape index (κ3) is 5.48. The lowest BCUT2D eigenvalue weighted by Gasteiger charge is -2.08. The standard InChI is InChI=1S/C19H15F3N2O4/c1-13-16(8-5-9-17(13)24(26)27)18(25)23-10-2-3-11-28-15-7-4-6-14(12-15)19(20,21)22/h4-9,12H,10-11H2,1H3,(H,23,25). The topological polar surface area (TPSA) is 81.5 Å². The van der Waals surface area contributed by atoms with Crippen LogP contribution in [0.4, 0.5) is 18.9 Å². The summed E-state index contributed by atoms with van der Waals surface area (Å²) in [7, 11) is 0. The van der Waals surface area contributed by atoms with E-state index in [1.165, 1.54) is 37.3 Å². The van der Waals surface area contributed by atoms with Crippen LogP contribution in [0.2, 0.25) is 0 Å². The van der Waals surface area contributed by atoms with Crippen molar-refractivity contribution in [1.29, 1.82) is 0 Å². The van der Waals surface area contributed by atoms with Crippen LogP contribution in [0, 0.1) is 28.9 Å². The van der Waals surface area contributed by atoms with Gasteiger partial charge in [-0.25, -0.2) is 0 Å². The number of hydrogen-bond donors (Lipinski definition) is 1. The molecule has 0 saturated carbocycles. The van der Waals surface area contributed by atoms with Crippen molar-refractivity contribution in [3.8, 4) is 17.6 Å². The SMILES string of the molecule is Cc1c(C(=O)NCC#CCOc2cccc(C(F)(F)F)c2)cccc1[N+](=O)[O-]. The van der Waals surface area contributed by atoms with Gasteiger partial charge in [0, 0.05) is 17.2 Å². The molecule has 0 radical (unpaired) electrons. The predicted molar refractivity (Wildman–Crippen MR) is 94.9 cm³/mol.